The van der Waals surface area contributed by atoms with E-state index in [1.165, 1.54) is 0 Å². The molecule has 0 radical (unpaired) electrons. The van der Waals surface area contributed by atoms with Crippen LogP contribution in [-0.4, -0.2) is 25.6 Å². The highest BCUT2D eigenvalue weighted by Crippen LogP contribution is 2.25. The van der Waals surface area contributed by atoms with Crippen molar-refractivity contribution in [2.24, 2.45) is 0 Å². The second kappa shape index (κ2) is 6.20. The molecule has 25 heavy (non-hydrogen) atoms. The highest BCUT2D eigenvalue weighted by molar-refractivity contribution is 5.83. The summed E-state index contributed by atoms with van der Waals surface area (Å²) in [5.41, 5.74) is 5.84. The molecule has 0 amide bonds. The molecule has 0 bridgehead atoms. The lowest BCUT2D eigenvalue weighted by atomic mass is 10.1. The van der Waals surface area contributed by atoms with Crippen LogP contribution in [0.15, 0.2) is 73.3 Å². The van der Waals surface area contributed by atoms with Crippen LogP contribution in [0.3, 0.4) is 0 Å². The number of pyridine rings is 1. The van der Waals surface area contributed by atoms with Gasteiger partial charge < -0.3 is 5.11 Å². The van der Waals surface area contributed by atoms with Gasteiger partial charge in [-0.25, -0.2) is 4.98 Å². The third-order valence-electron chi connectivity index (χ3n) is 4.13. The molecule has 0 saturated carbocycles. The molecule has 0 atom stereocenters. The van der Waals surface area contributed by atoms with E-state index in [2.05, 4.69) is 22.1 Å². The Morgan fingerprint density at radius 3 is 2.44 bits per heavy atom. The Labute approximate surface area is 144 Å². The van der Waals surface area contributed by atoms with Gasteiger partial charge in [0, 0.05) is 18.1 Å². The number of carboxylic acids is 1. The second-order valence-electron chi connectivity index (χ2n) is 5.79. The second-order valence-corrected chi connectivity index (χ2v) is 5.79. The number of carbonyl (C=O) groups is 1. The normalized spacial score (nSPS) is 10.9. The minimum atomic E-state index is -0.829. The number of imidazole rings is 1. The van der Waals surface area contributed by atoms with Crippen LogP contribution >= 0.6 is 0 Å². The fourth-order valence-corrected chi connectivity index (χ4v) is 2.89. The molecule has 2 aromatic heterocycles. The Bertz CT molecular complexity index is 1040. The highest BCUT2D eigenvalue weighted by atomic mass is 16.4. The van der Waals surface area contributed by atoms with Crippen molar-refractivity contribution in [1.29, 1.82) is 0 Å². The molecular weight excluding hydrogens is 314 g/mol. The number of aromatic nitrogens is 3. The van der Waals surface area contributed by atoms with Gasteiger partial charge in [-0.15, -0.1) is 0 Å². The number of fused-ring (bicyclic) bond motifs is 1. The molecule has 1 N–H and O–H groups in total. The number of benzene rings is 2. The third-order valence-corrected chi connectivity index (χ3v) is 4.13. The molecule has 0 saturated heterocycles. The Morgan fingerprint density at radius 2 is 1.72 bits per heavy atom. The van der Waals surface area contributed by atoms with Gasteiger partial charge >= 0.3 is 5.97 Å². The molecule has 0 aliphatic heterocycles. The topological polar surface area (TPSA) is 68.0 Å². The summed E-state index contributed by atoms with van der Waals surface area (Å²) in [6.45, 7) is 0. The van der Waals surface area contributed by atoms with Crippen molar-refractivity contribution in [1.82, 2.24) is 14.5 Å². The molecule has 4 aromatic rings. The van der Waals surface area contributed by atoms with E-state index in [0.29, 0.717) is 0 Å². The van der Waals surface area contributed by atoms with Crippen molar-refractivity contribution < 1.29 is 9.90 Å². The van der Waals surface area contributed by atoms with Gasteiger partial charge in [-0.1, -0.05) is 18.2 Å². The van der Waals surface area contributed by atoms with Crippen LogP contribution < -0.4 is 0 Å². The van der Waals surface area contributed by atoms with Crippen LogP contribution in [0, 0.1) is 0 Å². The van der Waals surface area contributed by atoms with Gasteiger partial charge in [0.25, 0.3) is 0 Å². The van der Waals surface area contributed by atoms with Crippen molar-refractivity contribution >= 4 is 17.0 Å². The predicted octanol–water partition coefficient (Wildman–Crippen LogP) is 3.71. The van der Waals surface area contributed by atoms with E-state index in [1.54, 1.807) is 18.7 Å². The van der Waals surface area contributed by atoms with E-state index in [-0.39, 0.29) is 6.42 Å². The summed E-state index contributed by atoms with van der Waals surface area (Å²) in [6, 6.07) is 17.6. The van der Waals surface area contributed by atoms with Gasteiger partial charge in [0.05, 0.1) is 17.5 Å². The summed E-state index contributed by atoms with van der Waals surface area (Å²) in [5.74, 6) is -0.829. The zero-order chi connectivity index (χ0) is 17.2. The van der Waals surface area contributed by atoms with Gasteiger partial charge in [-0.2, -0.15) is 0 Å². The molecule has 0 aliphatic carbocycles. The molecule has 0 fully saturated rings. The van der Waals surface area contributed by atoms with Crippen molar-refractivity contribution in [3.8, 4) is 16.8 Å². The number of rotatable bonds is 4. The van der Waals surface area contributed by atoms with Gasteiger partial charge in [-0.05, 0) is 53.1 Å². The Kier molecular flexibility index (Phi) is 3.74. The third kappa shape index (κ3) is 2.99. The van der Waals surface area contributed by atoms with Gasteiger partial charge in [-0.3, -0.25) is 14.3 Å². The van der Waals surface area contributed by atoms with E-state index in [1.807, 2.05) is 47.0 Å². The maximum atomic E-state index is 10.8. The molecule has 122 valence electrons. The average molecular weight is 329 g/mol. The quantitative estimate of drug-likeness (QED) is 0.620. The van der Waals surface area contributed by atoms with E-state index in [0.717, 1.165) is 33.4 Å². The maximum absolute atomic E-state index is 10.8. The zero-order valence-electron chi connectivity index (χ0n) is 13.3. The number of carboxylic acid groups (broad SMARTS) is 1. The van der Waals surface area contributed by atoms with E-state index in [4.69, 9.17) is 5.11 Å². The summed E-state index contributed by atoms with van der Waals surface area (Å²) < 4.78 is 2.00. The van der Waals surface area contributed by atoms with Gasteiger partial charge in [0.15, 0.2) is 0 Å². The van der Waals surface area contributed by atoms with Crippen molar-refractivity contribution in [2.75, 3.05) is 0 Å². The predicted molar refractivity (Wildman–Crippen MR) is 95.6 cm³/mol. The molecule has 0 spiro atoms. The lowest BCUT2D eigenvalue weighted by Gasteiger charge is -2.06. The van der Waals surface area contributed by atoms with Crippen LogP contribution in [0.25, 0.3) is 27.8 Å². The van der Waals surface area contributed by atoms with E-state index >= 15 is 0 Å². The minimum absolute atomic E-state index is 0.0280. The first kappa shape index (κ1) is 15.1. The molecular formula is C20H15N3O2. The van der Waals surface area contributed by atoms with E-state index < -0.39 is 5.97 Å². The SMILES string of the molecule is O=C(O)Cc1ccc(-n2cnc3cc(-c4ccncc4)ccc32)cc1. The molecule has 2 aromatic carbocycles. The first-order chi connectivity index (χ1) is 12.2. The summed E-state index contributed by atoms with van der Waals surface area (Å²) in [4.78, 5) is 19.3. The smallest absolute Gasteiger partial charge is 0.307 e. The fraction of sp³-hybridized carbons (Fsp3) is 0.0500. The van der Waals surface area contributed by atoms with Crippen molar-refractivity contribution in [3.05, 3.63) is 78.9 Å². The number of nitrogens with zero attached hydrogens (tertiary/aromatic N) is 3. The number of hydrogen-bond acceptors (Lipinski definition) is 3. The van der Waals surface area contributed by atoms with E-state index in [9.17, 15) is 4.79 Å². The molecule has 5 heteroatoms. The van der Waals surface area contributed by atoms with Crippen LogP contribution in [0.5, 0.6) is 0 Å². The fourth-order valence-electron chi connectivity index (χ4n) is 2.89. The highest BCUT2D eigenvalue weighted by Gasteiger charge is 2.07. The maximum Gasteiger partial charge on any atom is 0.307 e. The number of aliphatic carboxylic acids is 1. The summed E-state index contributed by atoms with van der Waals surface area (Å²) in [7, 11) is 0. The van der Waals surface area contributed by atoms with Crippen LogP contribution in [0.1, 0.15) is 5.56 Å². The molecule has 4 rings (SSSR count). The van der Waals surface area contributed by atoms with Crippen LogP contribution in [-0.2, 0) is 11.2 Å². The Balaban J connectivity index is 1.70. The molecule has 0 unspecified atom stereocenters. The van der Waals surface area contributed by atoms with Crippen LogP contribution in [0.2, 0.25) is 0 Å². The zero-order valence-corrected chi connectivity index (χ0v) is 13.3. The Hall–Kier alpha value is -3.47. The van der Waals surface area contributed by atoms with Crippen molar-refractivity contribution in [3.63, 3.8) is 0 Å². The summed E-state index contributed by atoms with van der Waals surface area (Å²) in [5, 5.41) is 8.86. The molecule has 5 nitrogen and oxygen atoms in total. The first-order valence-electron chi connectivity index (χ1n) is 7.89. The van der Waals surface area contributed by atoms with Crippen molar-refractivity contribution in [2.45, 2.75) is 6.42 Å². The summed E-state index contributed by atoms with van der Waals surface area (Å²) >= 11 is 0. The summed E-state index contributed by atoms with van der Waals surface area (Å²) in [6.07, 6.45) is 5.36. The first-order valence-corrected chi connectivity index (χ1v) is 7.89. The van der Waals surface area contributed by atoms with Crippen LogP contribution in [0.4, 0.5) is 0 Å². The lowest BCUT2D eigenvalue weighted by Crippen LogP contribution is -2.00. The largest absolute Gasteiger partial charge is 0.481 e. The average Bonchev–Trinajstić information content (AvgIpc) is 3.06. The standard InChI is InChI=1S/C20H15N3O2/c24-20(25)11-14-1-4-17(5-2-14)23-13-22-18-12-16(3-6-19(18)23)15-7-9-21-10-8-15/h1-10,12-13H,11H2,(H,24,25). The molecule has 2 heterocycles. The number of hydrogen-bond donors (Lipinski definition) is 1. The minimum Gasteiger partial charge on any atom is -0.481 e. The Morgan fingerprint density at radius 1 is 0.960 bits per heavy atom. The van der Waals surface area contributed by atoms with Gasteiger partial charge in [0.2, 0.25) is 0 Å². The molecule has 0 aliphatic rings. The monoisotopic (exact) mass is 329 g/mol. The lowest BCUT2D eigenvalue weighted by molar-refractivity contribution is -0.136. The van der Waals surface area contributed by atoms with Gasteiger partial charge in [0.1, 0.15) is 6.33 Å².